The van der Waals surface area contributed by atoms with Gasteiger partial charge in [-0.05, 0) is 25.7 Å². The van der Waals surface area contributed by atoms with Crippen LogP contribution in [0.1, 0.15) is 45.2 Å². The van der Waals surface area contributed by atoms with Gasteiger partial charge in [-0.15, -0.1) is 5.10 Å². The van der Waals surface area contributed by atoms with Crippen molar-refractivity contribution >= 4 is 0 Å². The van der Waals surface area contributed by atoms with Gasteiger partial charge >= 0.3 is 0 Å². The lowest BCUT2D eigenvalue weighted by Crippen LogP contribution is -2.21. The van der Waals surface area contributed by atoms with Crippen molar-refractivity contribution in [2.75, 3.05) is 6.61 Å². The van der Waals surface area contributed by atoms with Crippen molar-refractivity contribution in [3.63, 3.8) is 0 Å². The van der Waals surface area contributed by atoms with E-state index >= 15 is 0 Å². The molecule has 2 rings (SSSR count). The first-order valence-electron chi connectivity index (χ1n) is 6.98. The third-order valence-corrected chi connectivity index (χ3v) is 3.21. The van der Waals surface area contributed by atoms with Crippen molar-refractivity contribution in [2.45, 2.75) is 64.8 Å². The average molecular weight is 252 g/mol. The lowest BCUT2D eigenvalue weighted by molar-refractivity contribution is 0.101. The van der Waals surface area contributed by atoms with Gasteiger partial charge in [-0.25, -0.2) is 0 Å². The number of aryl methyl sites for hydroxylation is 1. The van der Waals surface area contributed by atoms with Gasteiger partial charge in [0.15, 0.2) is 0 Å². The zero-order chi connectivity index (χ0) is 12.8. The number of nitrogens with zero attached hydrogens (tertiary/aromatic N) is 3. The van der Waals surface area contributed by atoms with Gasteiger partial charge in [0.1, 0.15) is 0 Å². The Morgan fingerprint density at radius 2 is 2.44 bits per heavy atom. The minimum Gasteiger partial charge on any atom is -0.378 e. The zero-order valence-electron chi connectivity index (χ0n) is 11.4. The van der Waals surface area contributed by atoms with Crippen molar-refractivity contribution < 1.29 is 4.74 Å². The molecular weight excluding hydrogens is 228 g/mol. The van der Waals surface area contributed by atoms with Gasteiger partial charge in [0.25, 0.3) is 0 Å². The lowest BCUT2D eigenvalue weighted by Gasteiger charge is -2.08. The number of nitrogens with one attached hydrogen (secondary N) is 1. The summed E-state index contributed by atoms with van der Waals surface area (Å²) < 4.78 is 7.54. The van der Waals surface area contributed by atoms with Gasteiger partial charge in [0, 0.05) is 31.9 Å². The van der Waals surface area contributed by atoms with Crippen LogP contribution in [0.25, 0.3) is 0 Å². The highest BCUT2D eigenvalue weighted by Gasteiger charge is 2.14. The van der Waals surface area contributed by atoms with Crippen LogP contribution in [-0.2, 0) is 17.8 Å². The highest BCUT2D eigenvalue weighted by atomic mass is 16.5. The van der Waals surface area contributed by atoms with Crippen LogP contribution in [0.3, 0.4) is 0 Å². The SMILES string of the molecule is CC(C)NCc1cn(CCCC2CCCO2)nn1. The molecule has 1 aliphatic heterocycles. The Kier molecular flexibility index (Phi) is 5.13. The summed E-state index contributed by atoms with van der Waals surface area (Å²) in [7, 11) is 0. The van der Waals surface area contributed by atoms with Crippen LogP contribution in [0.5, 0.6) is 0 Å². The van der Waals surface area contributed by atoms with Gasteiger partial charge in [-0.3, -0.25) is 4.68 Å². The molecule has 1 saturated heterocycles. The summed E-state index contributed by atoms with van der Waals surface area (Å²) in [5, 5.41) is 11.6. The van der Waals surface area contributed by atoms with Crippen LogP contribution in [0, 0.1) is 0 Å². The van der Waals surface area contributed by atoms with Crippen LogP contribution >= 0.6 is 0 Å². The molecule has 0 aromatic carbocycles. The maximum absolute atomic E-state index is 5.61. The normalized spacial score (nSPS) is 19.8. The number of hydrogen-bond acceptors (Lipinski definition) is 4. The first kappa shape index (κ1) is 13.5. The van der Waals surface area contributed by atoms with Crippen LogP contribution in [0.2, 0.25) is 0 Å². The standard InChI is InChI=1S/C13H24N4O/c1-11(2)14-9-12-10-17(16-15-12)7-3-5-13-6-4-8-18-13/h10-11,13-14H,3-9H2,1-2H3. The van der Waals surface area contributed by atoms with Gasteiger partial charge < -0.3 is 10.1 Å². The van der Waals surface area contributed by atoms with Gasteiger partial charge in [0.05, 0.1) is 11.8 Å². The van der Waals surface area contributed by atoms with Crippen LogP contribution in [-0.4, -0.2) is 33.7 Å². The fourth-order valence-electron chi connectivity index (χ4n) is 2.19. The Morgan fingerprint density at radius 1 is 1.56 bits per heavy atom. The zero-order valence-corrected chi connectivity index (χ0v) is 11.4. The molecule has 0 aliphatic carbocycles. The maximum atomic E-state index is 5.61. The van der Waals surface area contributed by atoms with Crippen molar-refractivity contribution in [3.05, 3.63) is 11.9 Å². The minimum atomic E-state index is 0.481. The second kappa shape index (κ2) is 6.85. The monoisotopic (exact) mass is 252 g/mol. The van der Waals surface area contributed by atoms with Crippen LogP contribution < -0.4 is 5.32 Å². The van der Waals surface area contributed by atoms with E-state index in [0.29, 0.717) is 12.1 Å². The minimum absolute atomic E-state index is 0.481. The fourth-order valence-corrected chi connectivity index (χ4v) is 2.19. The Morgan fingerprint density at radius 3 is 3.17 bits per heavy atom. The number of aromatic nitrogens is 3. The summed E-state index contributed by atoms with van der Waals surface area (Å²) in [4.78, 5) is 0. The molecule has 1 fully saturated rings. The molecule has 2 heterocycles. The van der Waals surface area contributed by atoms with E-state index in [1.165, 1.54) is 12.8 Å². The molecule has 1 N–H and O–H groups in total. The molecule has 102 valence electrons. The molecule has 1 aliphatic rings. The molecule has 0 bridgehead atoms. The topological polar surface area (TPSA) is 52.0 Å². The van der Waals surface area contributed by atoms with E-state index < -0.39 is 0 Å². The largest absolute Gasteiger partial charge is 0.378 e. The Balaban J connectivity index is 1.66. The van der Waals surface area contributed by atoms with Crippen molar-refractivity contribution in [2.24, 2.45) is 0 Å². The van der Waals surface area contributed by atoms with Crippen LogP contribution in [0.4, 0.5) is 0 Å². The van der Waals surface area contributed by atoms with E-state index in [9.17, 15) is 0 Å². The van der Waals surface area contributed by atoms with Crippen molar-refractivity contribution in [1.82, 2.24) is 20.3 Å². The molecule has 1 aromatic rings. The van der Waals surface area contributed by atoms with E-state index in [-0.39, 0.29) is 0 Å². The van der Waals surface area contributed by atoms with Crippen molar-refractivity contribution in [3.8, 4) is 0 Å². The second-order valence-corrected chi connectivity index (χ2v) is 5.29. The molecular formula is C13H24N4O. The molecule has 0 amide bonds. The average Bonchev–Trinajstić information content (AvgIpc) is 2.97. The summed E-state index contributed by atoms with van der Waals surface area (Å²) in [6.45, 7) is 6.94. The van der Waals surface area contributed by atoms with E-state index in [2.05, 4.69) is 29.5 Å². The molecule has 1 atom stereocenters. The highest BCUT2D eigenvalue weighted by Crippen LogP contribution is 2.16. The van der Waals surface area contributed by atoms with E-state index in [0.717, 1.165) is 38.2 Å². The smallest absolute Gasteiger partial charge is 0.0964 e. The molecule has 18 heavy (non-hydrogen) atoms. The third-order valence-electron chi connectivity index (χ3n) is 3.21. The second-order valence-electron chi connectivity index (χ2n) is 5.29. The highest BCUT2D eigenvalue weighted by molar-refractivity contribution is 4.91. The molecule has 0 spiro atoms. The summed E-state index contributed by atoms with van der Waals surface area (Å²) in [6.07, 6.45) is 7.21. The molecule has 0 saturated carbocycles. The quantitative estimate of drug-likeness (QED) is 0.803. The van der Waals surface area contributed by atoms with E-state index in [1.54, 1.807) is 0 Å². The van der Waals surface area contributed by atoms with Gasteiger partial charge in [0.2, 0.25) is 0 Å². The Bertz CT molecular complexity index is 345. The van der Waals surface area contributed by atoms with Crippen molar-refractivity contribution in [1.29, 1.82) is 0 Å². The predicted molar refractivity (Wildman–Crippen MR) is 70.2 cm³/mol. The molecule has 0 radical (unpaired) electrons. The fraction of sp³-hybridized carbons (Fsp3) is 0.846. The van der Waals surface area contributed by atoms with Crippen LogP contribution in [0.15, 0.2) is 6.20 Å². The molecule has 5 heteroatoms. The Hall–Kier alpha value is -0.940. The number of hydrogen-bond donors (Lipinski definition) is 1. The lowest BCUT2D eigenvalue weighted by atomic mass is 10.1. The summed E-state index contributed by atoms with van der Waals surface area (Å²) >= 11 is 0. The Labute approximate surface area is 109 Å². The molecule has 1 unspecified atom stereocenters. The van der Waals surface area contributed by atoms with E-state index in [4.69, 9.17) is 4.74 Å². The number of ether oxygens (including phenoxy) is 1. The van der Waals surface area contributed by atoms with E-state index in [1.807, 2.05) is 10.9 Å². The summed E-state index contributed by atoms with van der Waals surface area (Å²) in [5.41, 5.74) is 1.01. The maximum Gasteiger partial charge on any atom is 0.0964 e. The third kappa shape index (κ3) is 4.38. The first-order valence-corrected chi connectivity index (χ1v) is 6.98. The van der Waals surface area contributed by atoms with Gasteiger partial charge in [-0.1, -0.05) is 19.1 Å². The first-order chi connectivity index (χ1) is 8.74. The van der Waals surface area contributed by atoms with Gasteiger partial charge in [-0.2, -0.15) is 0 Å². The predicted octanol–water partition coefficient (Wildman–Crippen LogP) is 1.74. The summed E-state index contributed by atoms with van der Waals surface area (Å²) in [6, 6.07) is 0.481. The molecule has 1 aromatic heterocycles. The summed E-state index contributed by atoms with van der Waals surface area (Å²) in [5.74, 6) is 0. The molecule has 5 nitrogen and oxygen atoms in total. The number of rotatable bonds is 7.